The summed E-state index contributed by atoms with van der Waals surface area (Å²) < 4.78 is 0. The van der Waals surface area contributed by atoms with Crippen LogP contribution >= 0.6 is 11.3 Å². The largest absolute Gasteiger partial charge is 0.326 e. The molecule has 0 spiro atoms. The van der Waals surface area contributed by atoms with Crippen LogP contribution in [0.3, 0.4) is 0 Å². The first-order valence-corrected chi connectivity index (χ1v) is 9.09. The molecule has 2 N–H and O–H groups in total. The van der Waals surface area contributed by atoms with Gasteiger partial charge < -0.3 is 10.6 Å². The number of benzene rings is 2. The van der Waals surface area contributed by atoms with Crippen molar-refractivity contribution >= 4 is 44.7 Å². The van der Waals surface area contributed by atoms with Crippen LogP contribution in [-0.4, -0.2) is 15.9 Å². The van der Waals surface area contributed by atoms with E-state index in [1.165, 1.54) is 11.3 Å². The smallest absolute Gasteiger partial charge is 0.212 e. The lowest BCUT2D eigenvalue weighted by Gasteiger charge is -2.14. The molecule has 5 nitrogen and oxygen atoms in total. The van der Waals surface area contributed by atoms with Gasteiger partial charge in [0.05, 0.1) is 11.2 Å². The van der Waals surface area contributed by atoms with Crippen molar-refractivity contribution in [3.8, 4) is 0 Å². The van der Waals surface area contributed by atoms with Crippen LogP contribution in [0.4, 0.5) is 16.5 Å². The summed E-state index contributed by atoms with van der Waals surface area (Å²) in [7, 11) is 0. The van der Waals surface area contributed by atoms with E-state index in [1.54, 1.807) is 6.20 Å². The molecule has 0 aliphatic heterocycles. The van der Waals surface area contributed by atoms with Crippen LogP contribution < -0.4 is 10.6 Å². The van der Waals surface area contributed by atoms with Crippen molar-refractivity contribution in [3.63, 3.8) is 0 Å². The number of pyridine rings is 1. The molecule has 0 aliphatic rings. The Morgan fingerprint density at radius 2 is 1.81 bits per heavy atom. The van der Waals surface area contributed by atoms with Crippen molar-refractivity contribution in [2.75, 3.05) is 10.6 Å². The standard InChI is InChI=1S/C20H17N5S/c1-14-13-18(16-9-5-6-10-17(16)22-14)24-19(25-20-21-11-12-26-20)23-15-7-3-2-4-8-15/h2-13H,1H3,(H2,21,22,23,24,25). The van der Waals surface area contributed by atoms with Gasteiger partial charge in [0.1, 0.15) is 0 Å². The predicted molar refractivity (Wildman–Crippen MR) is 109 cm³/mol. The number of aromatic nitrogens is 2. The van der Waals surface area contributed by atoms with Crippen LogP contribution in [0.1, 0.15) is 5.69 Å². The van der Waals surface area contributed by atoms with E-state index in [2.05, 4.69) is 25.6 Å². The maximum Gasteiger partial charge on any atom is 0.212 e. The van der Waals surface area contributed by atoms with E-state index in [0.717, 1.165) is 28.0 Å². The summed E-state index contributed by atoms with van der Waals surface area (Å²) >= 11 is 1.49. The Kier molecular flexibility index (Phi) is 4.57. The highest BCUT2D eigenvalue weighted by molar-refractivity contribution is 7.13. The molecular formula is C20H17N5S. The van der Waals surface area contributed by atoms with Gasteiger partial charge in [-0.1, -0.05) is 36.4 Å². The molecular weight excluding hydrogens is 342 g/mol. The average Bonchev–Trinajstić information content (AvgIpc) is 3.15. The average molecular weight is 359 g/mol. The van der Waals surface area contributed by atoms with Crippen molar-refractivity contribution in [1.82, 2.24) is 9.97 Å². The topological polar surface area (TPSA) is 62.2 Å². The van der Waals surface area contributed by atoms with Gasteiger partial charge >= 0.3 is 0 Å². The lowest BCUT2D eigenvalue weighted by Crippen LogP contribution is -2.22. The van der Waals surface area contributed by atoms with Gasteiger partial charge in [0.15, 0.2) is 0 Å². The minimum atomic E-state index is 0.613. The Balaban J connectivity index is 1.73. The van der Waals surface area contributed by atoms with Crippen LogP contribution in [0.5, 0.6) is 0 Å². The Morgan fingerprint density at radius 3 is 2.62 bits per heavy atom. The van der Waals surface area contributed by atoms with E-state index < -0.39 is 0 Å². The minimum Gasteiger partial charge on any atom is -0.326 e. The number of aliphatic imine (C=N–C) groups is 1. The lowest BCUT2D eigenvalue weighted by atomic mass is 10.1. The Morgan fingerprint density at radius 1 is 1.00 bits per heavy atom. The summed E-state index contributed by atoms with van der Waals surface area (Å²) in [4.78, 5) is 13.5. The van der Waals surface area contributed by atoms with E-state index >= 15 is 0 Å². The fourth-order valence-corrected chi connectivity index (χ4v) is 3.16. The molecule has 6 heteroatoms. The molecule has 4 aromatic rings. The molecule has 0 saturated carbocycles. The molecule has 0 aliphatic carbocycles. The van der Waals surface area contributed by atoms with Crippen LogP contribution in [0.25, 0.3) is 10.9 Å². The van der Waals surface area contributed by atoms with Crippen molar-refractivity contribution in [3.05, 3.63) is 77.9 Å². The van der Waals surface area contributed by atoms with Gasteiger partial charge in [0.2, 0.25) is 11.1 Å². The summed E-state index contributed by atoms with van der Waals surface area (Å²) in [6, 6.07) is 20.0. The third kappa shape index (κ3) is 3.70. The van der Waals surface area contributed by atoms with Crippen molar-refractivity contribution in [2.24, 2.45) is 4.99 Å². The molecule has 128 valence electrons. The normalized spacial score (nSPS) is 11.5. The number of aryl methyl sites for hydroxylation is 1. The van der Waals surface area contributed by atoms with Gasteiger partial charge in [0, 0.05) is 28.3 Å². The highest BCUT2D eigenvalue weighted by Crippen LogP contribution is 2.24. The van der Waals surface area contributed by atoms with Crippen LogP contribution in [0, 0.1) is 6.92 Å². The summed E-state index contributed by atoms with van der Waals surface area (Å²) in [5.41, 5.74) is 3.79. The molecule has 0 radical (unpaired) electrons. The molecule has 0 fully saturated rings. The second kappa shape index (κ2) is 7.33. The van der Waals surface area contributed by atoms with Gasteiger partial charge in [0.25, 0.3) is 0 Å². The van der Waals surface area contributed by atoms with Gasteiger partial charge in [-0.25, -0.2) is 4.98 Å². The van der Waals surface area contributed by atoms with E-state index in [0.29, 0.717) is 11.1 Å². The molecule has 2 aromatic heterocycles. The van der Waals surface area contributed by atoms with Crippen molar-refractivity contribution in [2.45, 2.75) is 6.92 Å². The quantitative estimate of drug-likeness (QED) is 0.389. The molecule has 0 amide bonds. The first-order valence-electron chi connectivity index (χ1n) is 8.21. The number of thiazole rings is 1. The number of hydrogen-bond acceptors (Lipinski definition) is 4. The van der Waals surface area contributed by atoms with Gasteiger partial charge in [-0.2, -0.15) is 4.99 Å². The van der Waals surface area contributed by atoms with E-state index in [1.807, 2.05) is 73.0 Å². The number of hydrogen-bond donors (Lipinski definition) is 2. The second-order valence-corrected chi connectivity index (χ2v) is 6.59. The Bertz CT molecular complexity index is 1040. The summed E-state index contributed by atoms with van der Waals surface area (Å²) in [6.45, 7) is 1.99. The predicted octanol–water partition coefficient (Wildman–Crippen LogP) is 5.21. The number of guanidine groups is 1. The number of rotatable bonds is 3. The first kappa shape index (κ1) is 16.2. The zero-order chi connectivity index (χ0) is 17.8. The summed E-state index contributed by atoms with van der Waals surface area (Å²) in [5, 5.41) is 10.4. The first-order chi connectivity index (χ1) is 12.8. The zero-order valence-corrected chi connectivity index (χ0v) is 15.0. The fraction of sp³-hybridized carbons (Fsp3) is 0.0500. The number of para-hydroxylation sites is 2. The monoisotopic (exact) mass is 359 g/mol. The number of nitrogens with zero attached hydrogens (tertiary/aromatic N) is 3. The molecule has 26 heavy (non-hydrogen) atoms. The second-order valence-electron chi connectivity index (χ2n) is 5.72. The molecule has 0 saturated heterocycles. The summed E-state index contributed by atoms with van der Waals surface area (Å²) in [6.07, 6.45) is 1.75. The molecule has 0 bridgehead atoms. The molecule has 0 unspecified atom stereocenters. The summed E-state index contributed by atoms with van der Waals surface area (Å²) in [5.74, 6) is 0.613. The van der Waals surface area contributed by atoms with E-state index in [4.69, 9.17) is 0 Å². The van der Waals surface area contributed by atoms with E-state index in [9.17, 15) is 0 Å². The molecule has 4 rings (SSSR count). The van der Waals surface area contributed by atoms with Crippen LogP contribution in [-0.2, 0) is 0 Å². The zero-order valence-electron chi connectivity index (χ0n) is 14.2. The number of nitrogens with one attached hydrogen (secondary N) is 2. The SMILES string of the molecule is Cc1cc(N/C(=N/c2nccs2)Nc2ccccc2)c2ccccc2n1. The van der Waals surface area contributed by atoms with Crippen LogP contribution in [0.15, 0.2) is 77.2 Å². The van der Waals surface area contributed by atoms with Crippen molar-refractivity contribution < 1.29 is 0 Å². The Hall–Kier alpha value is -3.25. The maximum atomic E-state index is 4.63. The maximum absolute atomic E-state index is 4.63. The molecule has 2 aromatic carbocycles. The highest BCUT2D eigenvalue weighted by Gasteiger charge is 2.08. The highest BCUT2D eigenvalue weighted by atomic mass is 32.1. The van der Waals surface area contributed by atoms with E-state index in [-0.39, 0.29) is 0 Å². The van der Waals surface area contributed by atoms with Gasteiger partial charge in [-0.3, -0.25) is 4.98 Å². The fourth-order valence-electron chi connectivity index (χ4n) is 2.65. The molecule has 2 heterocycles. The lowest BCUT2D eigenvalue weighted by molar-refractivity contribution is 1.25. The van der Waals surface area contributed by atoms with Crippen molar-refractivity contribution in [1.29, 1.82) is 0 Å². The Labute approximate surface area is 155 Å². The molecule has 0 atom stereocenters. The van der Waals surface area contributed by atoms with Gasteiger partial charge in [-0.05, 0) is 31.2 Å². The number of fused-ring (bicyclic) bond motifs is 1. The minimum absolute atomic E-state index is 0.613. The number of anilines is 2. The van der Waals surface area contributed by atoms with Crippen LogP contribution in [0.2, 0.25) is 0 Å². The van der Waals surface area contributed by atoms with Gasteiger partial charge in [-0.15, -0.1) is 11.3 Å². The third-order valence-electron chi connectivity index (χ3n) is 3.76. The third-order valence-corrected chi connectivity index (χ3v) is 4.43.